The first-order valence-corrected chi connectivity index (χ1v) is 6.82. The highest BCUT2D eigenvalue weighted by molar-refractivity contribution is 5.74. The monoisotopic (exact) mass is 282 g/mol. The van der Waals surface area contributed by atoms with Gasteiger partial charge in [0, 0.05) is 19.6 Å². The predicted molar refractivity (Wildman–Crippen MR) is 77.0 cm³/mol. The number of aliphatic hydroxyl groups excluding tert-OH is 1. The molecular formula is C15H23FN2O2. The molecule has 112 valence electrons. The molecule has 1 aromatic rings. The van der Waals surface area contributed by atoms with E-state index in [1.165, 1.54) is 17.0 Å². The van der Waals surface area contributed by atoms with Crippen LogP contribution in [0.2, 0.25) is 0 Å². The van der Waals surface area contributed by atoms with Crippen LogP contribution in [0.1, 0.15) is 25.8 Å². The molecular weight excluding hydrogens is 259 g/mol. The maximum absolute atomic E-state index is 13.0. The Hall–Kier alpha value is -1.62. The topological polar surface area (TPSA) is 52.6 Å². The van der Waals surface area contributed by atoms with E-state index in [9.17, 15) is 14.3 Å². The Morgan fingerprint density at radius 3 is 2.75 bits per heavy atom. The second-order valence-electron chi connectivity index (χ2n) is 5.25. The predicted octanol–water partition coefficient (Wildman–Crippen LogP) is 2.17. The molecule has 5 heteroatoms. The summed E-state index contributed by atoms with van der Waals surface area (Å²) in [5.41, 5.74) is 0.920. The summed E-state index contributed by atoms with van der Waals surface area (Å²) in [7, 11) is 1.64. The highest BCUT2D eigenvalue weighted by atomic mass is 19.1. The fourth-order valence-electron chi connectivity index (χ4n) is 1.95. The van der Waals surface area contributed by atoms with E-state index in [0.717, 1.165) is 12.0 Å². The van der Waals surface area contributed by atoms with Gasteiger partial charge in [0.05, 0.1) is 6.10 Å². The van der Waals surface area contributed by atoms with Crippen molar-refractivity contribution in [2.24, 2.45) is 0 Å². The van der Waals surface area contributed by atoms with Crippen LogP contribution in [0.15, 0.2) is 24.3 Å². The van der Waals surface area contributed by atoms with Gasteiger partial charge in [-0.3, -0.25) is 0 Å². The number of amides is 2. The first-order valence-electron chi connectivity index (χ1n) is 6.82. The van der Waals surface area contributed by atoms with Gasteiger partial charge in [0.2, 0.25) is 0 Å². The van der Waals surface area contributed by atoms with Crippen molar-refractivity contribution in [3.05, 3.63) is 35.6 Å². The summed E-state index contributed by atoms with van der Waals surface area (Å²) in [6.45, 7) is 3.84. The Labute approximate surface area is 119 Å². The molecule has 2 atom stereocenters. The van der Waals surface area contributed by atoms with Crippen LogP contribution in [-0.4, -0.2) is 41.8 Å². The van der Waals surface area contributed by atoms with Crippen molar-refractivity contribution in [1.82, 2.24) is 10.2 Å². The minimum Gasteiger partial charge on any atom is -0.392 e. The van der Waals surface area contributed by atoms with E-state index < -0.39 is 6.10 Å². The Bertz CT molecular complexity index is 438. The van der Waals surface area contributed by atoms with Crippen LogP contribution in [-0.2, 0) is 6.42 Å². The largest absolute Gasteiger partial charge is 0.392 e. The summed E-state index contributed by atoms with van der Waals surface area (Å²) in [5.74, 6) is -0.240. The van der Waals surface area contributed by atoms with Gasteiger partial charge in [-0.25, -0.2) is 9.18 Å². The molecule has 20 heavy (non-hydrogen) atoms. The number of rotatable bonds is 6. The third kappa shape index (κ3) is 6.02. The number of urea groups is 1. The van der Waals surface area contributed by atoms with E-state index in [2.05, 4.69) is 5.32 Å². The molecule has 0 unspecified atom stereocenters. The molecule has 0 aliphatic heterocycles. The number of likely N-dealkylation sites (N-methyl/N-ethyl adjacent to an activating group) is 1. The molecule has 0 aliphatic rings. The lowest BCUT2D eigenvalue weighted by Crippen LogP contribution is -2.44. The normalized spacial score (nSPS) is 13.7. The van der Waals surface area contributed by atoms with E-state index in [-0.39, 0.29) is 17.9 Å². The number of hydrogen-bond donors (Lipinski definition) is 2. The van der Waals surface area contributed by atoms with Gasteiger partial charge in [-0.15, -0.1) is 0 Å². The highest BCUT2D eigenvalue weighted by Crippen LogP contribution is 2.08. The lowest BCUT2D eigenvalue weighted by molar-refractivity contribution is 0.142. The van der Waals surface area contributed by atoms with Crippen molar-refractivity contribution < 1.29 is 14.3 Å². The zero-order valence-electron chi connectivity index (χ0n) is 12.3. The first-order chi connectivity index (χ1) is 9.38. The number of carbonyl (C=O) groups excluding carboxylic acids is 1. The molecule has 2 amide bonds. The lowest BCUT2D eigenvalue weighted by atomic mass is 10.1. The average Bonchev–Trinajstić information content (AvgIpc) is 2.35. The van der Waals surface area contributed by atoms with E-state index in [1.54, 1.807) is 20.0 Å². The van der Waals surface area contributed by atoms with Gasteiger partial charge >= 0.3 is 6.03 Å². The molecule has 1 aromatic carbocycles. The standard InChI is InChI=1S/C15H23FN2O2/c1-11(17-15(20)18(3)10-12(2)19)7-8-13-5-4-6-14(16)9-13/h4-6,9,11-12,19H,7-8,10H2,1-3H3,(H,17,20)/t11-,12+/m0/s1. The number of aryl methyl sites for hydroxylation is 1. The Morgan fingerprint density at radius 1 is 1.45 bits per heavy atom. The molecule has 0 radical (unpaired) electrons. The van der Waals surface area contributed by atoms with Crippen molar-refractivity contribution >= 4 is 6.03 Å². The summed E-state index contributed by atoms with van der Waals surface area (Å²) in [5, 5.41) is 12.1. The highest BCUT2D eigenvalue weighted by Gasteiger charge is 2.13. The Kier molecular flexibility index (Phi) is 6.45. The Balaban J connectivity index is 2.36. The summed E-state index contributed by atoms with van der Waals surface area (Å²) >= 11 is 0. The van der Waals surface area contributed by atoms with E-state index >= 15 is 0 Å². The van der Waals surface area contributed by atoms with Crippen LogP contribution in [0.5, 0.6) is 0 Å². The molecule has 0 saturated heterocycles. The van der Waals surface area contributed by atoms with E-state index in [4.69, 9.17) is 0 Å². The van der Waals surface area contributed by atoms with Gasteiger partial charge in [-0.05, 0) is 44.4 Å². The second kappa shape index (κ2) is 7.85. The molecule has 2 N–H and O–H groups in total. The maximum Gasteiger partial charge on any atom is 0.317 e. The molecule has 0 saturated carbocycles. The number of aliphatic hydroxyl groups is 1. The average molecular weight is 282 g/mol. The van der Waals surface area contributed by atoms with Crippen LogP contribution in [0, 0.1) is 5.82 Å². The Morgan fingerprint density at radius 2 is 2.15 bits per heavy atom. The summed E-state index contributed by atoms with van der Waals surface area (Å²) in [6.07, 6.45) is 0.894. The van der Waals surface area contributed by atoms with Gasteiger partial charge in [-0.2, -0.15) is 0 Å². The van der Waals surface area contributed by atoms with Crippen molar-refractivity contribution in [3.8, 4) is 0 Å². The minimum absolute atomic E-state index is 0.0118. The third-order valence-corrected chi connectivity index (χ3v) is 3.01. The van der Waals surface area contributed by atoms with Gasteiger partial charge < -0.3 is 15.3 Å². The quantitative estimate of drug-likeness (QED) is 0.840. The van der Waals surface area contributed by atoms with Crippen LogP contribution in [0.25, 0.3) is 0 Å². The third-order valence-electron chi connectivity index (χ3n) is 3.01. The fourth-order valence-corrected chi connectivity index (χ4v) is 1.95. The number of carbonyl (C=O) groups is 1. The van der Waals surface area contributed by atoms with Gasteiger partial charge in [0.15, 0.2) is 0 Å². The number of hydrogen-bond acceptors (Lipinski definition) is 2. The number of nitrogens with zero attached hydrogens (tertiary/aromatic N) is 1. The van der Waals surface area contributed by atoms with Gasteiger partial charge in [0.1, 0.15) is 5.82 Å². The van der Waals surface area contributed by atoms with Crippen LogP contribution < -0.4 is 5.32 Å². The second-order valence-corrected chi connectivity index (χ2v) is 5.25. The molecule has 0 aliphatic carbocycles. The van der Waals surface area contributed by atoms with Crippen molar-refractivity contribution in [2.75, 3.05) is 13.6 Å². The maximum atomic E-state index is 13.0. The fraction of sp³-hybridized carbons (Fsp3) is 0.533. The molecule has 0 heterocycles. The van der Waals surface area contributed by atoms with Crippen LogP contribution in [0.4, 0.5) is 9.18 Å². The molecule has 4 nitrogen and oxygen atoms in total. The summed E-state index contributed by atoms with van der Waals surface area (Å²) < 4.78 is 13.0. The zero-order chi connectivity index (χ0) is 15.1. The molecule has 1 rings (SSSR count). The lowest BCUT2D eigenvalue weighted by Gasteiger charge is -2.22. The van der Waals surface area contributed by atoms with Crippen molar-refractivity contribution in [3.63, 3.8) is 0 Å². The summed E-state index contributed by atoms with van der Waals surface area (Å²) in [4.78, 5) is 13.2. The van der Waals surface area contributed by atoms with E-state index in [0.29, 0.717) is 13.0 Å². The molecule has 0 aromatic heterocycles. The zero-order valence-corrected chi connectivity index (χ0v) is 12.3. The van der Waals surface area contributed by atoms with Crippen molar-refractivity contribution in [2.45, 2.75) is 38.8 Å². The smallest absolute Gasteiger partial charge is 0.317 e. The number of benzene rings is 1. The number of nitrogens with one attached hydrogen (secondary N) is 1. The summed E-state index contributed by atoms with van der Waals surface area (Å²) in [6, 6.07) is 6.26. The van der Waals surface area contributed by atoms with Crippen LogP contribution >= 0.6 is 0 Å². The van der Waals surface area contributed by atoms with E-state index in [1.807, 2.05) is 13.0 Å². The SMILES string of the molecule is C[C@@H](O)CN(C)C(=O)N[C@@H](C)CCc1cccc(F)c1. The number of halogens is 1. The van der Waals surface area contributed by atoms with Gasteiger partial charge in [-0.1, -0.05) is 12.1 Å². The molecule has 0 bridgehead atoms. The molecule has 0 fully saturated rings. The minimum atomic E-state index is -0.548. The first kappa shape index (κ1) is 16.4. The van der Waals surface area contributed by atoms with Gasteiger partial charge in [0.25, 0.3) is 0 Å². The molecule has 0 spiro atoms. The van der Waals surface area contributed by atoms with Crippen molar-refractivity contribution in [1.29, 1.82) is 0 Å². The van der Waals surface area contributed by atoms with Crippen LogP contribution in [0.3, 0.4) is 0 Å².